The number of anilines is 1. The van der Waals surface area contributed by atoms with Gasteiger partial charge in [-0.05, 0) is 12.1 Å². The molecule has 0 bridgehead atoms. The number of halogens is 3. The summed E-state index contributed by atoms with van der Waals surface area (Å²) in [6.07, 6.45) is -8.92. The Bertz CT molecular complexity index is 1090. The van der Waals surface area contributed by atoms with Crippen molar-refractivity contribution in [1.29, 1.82) is 0 Å². The second-order valence-electron chi connectivity index (χ2n) is 6.89. The van der Waals surface area contributed by atoms with Crippen molar-refractivity contribution in [2.45, 2.75) is 37.1 Å². The maximum absolute atomic E-state index is 15.0. The highest BCUT2D eigenvalue weighted by molar-refractivity contribution is 8.07. The normalized spacial score (nSPS) is 32.6. The molecule has 1 fully saturated rings. The molecule has 1 unspecified atom stereocenters. The molecule has 2 aromatic rings. The van der Waals surface area contributed by atoms with E-state index in [9.17, 15) is 23.1 Å². The quantitative estimate of drug-likeness (QED) is 0.620. The summed E-state index contributed by atoms with van der Waals surface area (Å²) in [6, 6.07) is 7.94. The van der Waals surface area contributed by atoms with Crippen molar-refractivity contribution in [2.24, 2.45) is 0 Å². The van der Waals surface area contributed by atoms with E-state index in [1.54, 1.807) is 24.3 Å². The molecule has 2 aliphatic rings. The second-order valence-corrected chi connectivity index (χ2v) is 9.83. The maximum Gasteiger partial charge on any atom is 0.381 e. The van der Waals surface area contributed by atoms with E-state index < -0.39 is 49.5 Å². The molecule has 3 N–H and O–H groups in total. The predicted octanol–water partition coefficient (Wildman–Crippen LogP) is 1.91. The number of rotatable bonds is 5. The summed E-state index contributed by atoms with van der Waals surface area (Å²) in [4.78, 5) is 15.4. The minimum atomic E-state index is -3.56. The fourth-order valence-electron chi connectivity index (χ4n) is 3.23. The van der Waals surface area contributed by atoms with Crippen LogP contribution in [0.2, 0.25) is 0 Å². The number of fused-ring (bicyclic) bond motifs is 1. The molecule has 0 spiro atoms. The lowest BCUT2D eigenvalue weighted by molar-refractivity contribution is -0.183. The summed E-state index contributed by atoms with van der Waals surface area (Å²) < 4.78 is 65.1. The third-order valence-electron chi connectivity index (χ3n) is 4.90. The Kier molecular flexibility index (Phi) is 5.83. The molecule has 168 valence electrons. The smallest absolute Gasteiger partial charge is 0.381 e. The van der Waals surface area contributed by atoms with E-state index in [-0.39, 0.29) is 12.4 Å². The fraction of sp³-hybridized carbons (Fsp3) is 0.412. The van der Waals surface area contributed by atoms with Crippen molar-refractivity contribution in [3.8, 4) is 5.75 Å². The summed E-state index contributed by atoms with van der Waals surface area (Å²) in [5.41, 5.74) is 2.13. The fourth-order valence-corrected chi connectivity index (χ4v) is 5.05. The van der Waals surface area contributed by atoms with Crippen molar-refractivity contribution in [3.05, 3.63) is 52.6 Å². The standard InChI is InChI=1S/C17H17F3N3O6PS/c18-13-12(24)14(23-6-5-11(21)22-16(23)25)28-17(13,15(19)20)8-27-30(31)26-7-9-3-1-2-4-10(9)29-30/h1-6,12-15,24H,7-8H2,(H2,21,22,25)/t12-,13+,14-,17-,30?/m1/s1. The van der Waals surface area contributed by atoms with Crippen LogP contribution in [0.3, 0.4) is 0 Å². The number of aliphatic hydroxyl groups is 1. The van der Waals surface area contributed by atoms with Crippen molar-refractivity contribution < 1.29 is 36.6 Å². The zero-order valence-electron chi connectivity index (χ0n) is 15.6. The van der Waals surface area contributed by atoms with Gasteiger partial charge in [0.1, 0.15) is 17.7 Å². The molecule has 1 aromatic heterocycles. The average Bonchev–Trinajstić information content (AvgIpc) is 2.98. The average molecular weight is 479 g/mol. The van der Waals surface area contributed by atoms with E-state index >= 15 is 0 Å². The van der Waals surface area contributed by atoms with Crippen LogP contribution in [-0.2, 0) is 32.2 Å². The van der Waals surface area contributed by atoms with Gasteiger partial charge >= 0.3 is 12.4 Å². The van der Waals surface area contributed by atoms with E-state index in [0.717, 1.165) is 6.20 Å². The zero-order valence-corrected chi connectivity index (χ0v) is 17.3. The lowest BCUT2D eigenvalue weighted by Crippen LogP contribution is -2.50. The number of para-hydroxylation sites is 1. The lowest BCUT2D eigenvalue weighted by Gasteiger charge is -2.33. The largest absolute Gasteiger partial charge is 0.424 e. The highest BCUT2D eigenvalue weighted by Gasteiger charge is 2.62. The molecule has 3 heterocycles. The van der Waals surface area contributed by atoms with Crippen LogP contribution < -0.4 is 15.9 Å². The van der Waals surface area contributed by atoms with Gasteiger partial charge in [0.2, 0.25) is 0 Å². The molecule has 0 aliphatic carbocycles. The first-order valence-corrected chi connectivity index (χ1v) is 11.5. The first kappa shape index (κ1) is 22.2. The van der Waals surface area contributed by atoms with Gasteiger partial charge < -0.3 is 20.1 Å². The van der Waals surface area contributed by atoms with Gasteiger partial charge in [0.25, 0.3) is 6.43 Å². The Morgan fingerprint density at radius 3 is 2.87 bits per heavy atom. The highest BCUT2D eigenvalue weighted by atomic mass is 32.5. The number of hydrogen-bond donors (Lipinski definition) is 2. The molecule has 1 aromatic carbocycles. The topological polar surface area (TPSA) is 118 Å². The van der Waals surface area contributed by atoms with Gasteiger partial charge in [-0.15, -0.1) is 0 Å². The van der Waals surface area contributed by atoms with Crippen molar-refractivity contribution >= 4 is 24.3 Å². The third-order valence-corrected chi connectivity index (χ3v) is 7.07. The van der Waals surface area contributed by atoms with Crippen LogP contribution in [0.25, 0.3) is 0 Å². The van der Waals surface area contributed by atoms with Gasteiger partial charge in [-0.3, -0.25) is 13.6 Å². The number of ether oxygens (including phenoxy) is 1. The molecule has 1 saturated heterocycles. The van der Waals surface area contributed by atoms with Gasteiger partial charge in [0, 0.05) is 23.6 Å². The van der Waals surface area contributed by atoms with E-state index in [4.69, 9.17) is 35.8 Å². The molecule has 0 radical (unpaired) electrons. The van der Waals surface area contributed by atoms with E-state index in [1.807, 2.05) is 0 Å². The van der Waals surface area contributed by atoms with Crippen LogP contribution in [0.5, 0.6) is 5.75 Å². The minimum absolute atomic E-state index is 0.0206. The number of hydrogen-bond acceptors (Lipinski definition) is 9. The number of benzene rings is 1. The highest BCUT2D eigenvalue weighted by Crippen LogP contribution is 2.56. The third kappa shape index (κ3) is 3.97. The molecule has 9 nitrogen and oxygen atoms in total. The van der Waals surface area contributed by atoms with Crippen LogP contribution in [0.15, 0.2) is 41.3 Å². The Balaban J connectivity index is 1.58. The minimum Gasteiger partial charge on any atom is -0.424 e. The van der Waals surface area contributed by atoms with Crippen molar-refractivity contribution in [1.82, 2.24) is 9.55 Å². The van der Waals surface area contributed by atoms with Gasteiger partial charge in [-0.1, -0.05) is 18.2 Å². The predicted molar refractivity (Wildman–Crippen MR) is 105 cm³/mol. The van der Waals surface area contributed by atoms with Crippen molar-refractivity contribution in [3.63, 3.8) is 0 Å². The molecular formula is C17H17F3N3O6PS. The first-order chi connectivity index (χ1) is 14.7. The van der Waals surface area contributed by atoms with Gasteiger partial charge in [0.15, 0.2) is 18.0 Å². The molecule has 14 heteroatoms. The van der Waals surface area contributed by atoms with Crippen LogP contribution in [0.1, 0.15) is 11.8 Å². The summed E-state index contributed by atoms with van der Waals surface area (Å²) in [5.74, 6) is 0.225. The Morgan fingerprint density at radius 1 is 1.42 bits per heavy atom. The Morgan fingerprint density at radius 2 is 2.16 bits per heavy atom. The maximum atomic E-state index is 15.0. The molecule has 5 atom stereocenters. The number of nitrogens with zero attached hydrogens (tertiary/aromatic N) is 2. The molecule has 2 aliphatic heterocycles. The molecule has 0 saturated carbocycles. The molecular weight excluding hydrogens is 462 g/mol. The number of nitrogens with two attached hydrogens (primary N) is 1. The van der Waals surface area contributed by atoms with E-state index in [2.05, 4.69) is 4.98 Å². The van der Waals surface area contributed by atoms with Gasteiger partial charge in [-0.25, -0.2) is 18.0 Å². The first-order valence-electron chi connectivity index (χ1n) is 8.94. The molecule has 31 heavy (non-hydrogen) atoms. The number of alkyl halides is 3. The van der Waals surface area contributed by atoms with E-state index in [1.165, 1.54) is 6.07 Å². The monoisotopic (exact) mass is 479 g/mol. The number of aliphatic hydroxyl groups excluding tert-OH is 1. The molecule has 0 amide bonds. The lowest BCUT2D eigenvalue weighted by atomic mass is 9.98. The summed E-state index contributed by atoms with van der Waals surface area (Å²) in [6.45, 7) is -4.63. The SMILES string of the molecule is Nc1ccn([C@@H]2O[C@@](COP3(=S)OCc4ccccc4O3)(C(F)F)[C@@H](F)[C@H]2O)c(=O)n1. The summed E-state index contributed by atoms with van der Waals surface area (Å²) in [5, 5.41) is 10.2. The van der Waals surface area contributed by atoms with E-state index in [0.29, 0.717) is 15.9 Å². The van der Waals surface area contributed by atoms with Crippen LogP contribution in [-0.4, -0.2) is 45.6 Å². The number of nitrogen functional groups attached to an aromatic ring is 1. The van der Waals surface area contributed by atoms with Gasteiger partial charge in [-0.2, -0.15) is 4.98 Å². The van der Waals surface area contributed by atoms with Crippen LogP contribution in [0, 0.1) is 0 Å². The zero-order chi connectivity index (χ0) is 22.4. The molecule has 4 rings (SSSR count). The van der Waals surface area contributed by atoms with Crippen molar-refractivity contribution in [2.75, 3.05) is 12.3 Å². The van der Waals surface area contributed by atoms with Gasteiger partial charge in [0.05, 0.1) is 13.2 Å². The Labute approximate surface area is 178 Å². The van der Waals surface area contributed by atoms with Crippen LogP contribution in [0.4, 0.5) is 19.0 Å². The summed E-state index contributed by atoms with van der Waals surface area (Å²) >= 11 is 5.21. The Hall–Kier alpha value is -2.02. The summed E-state index contributed by atoms with van der Waals surface area (Å²) in [7, 11) is 0. The number of aromatic nitrogens is 2. The van der Waals surface area contributed by atoms with Crippen LogP contribution >= 0.6 is 6.72 Å². The second kappa shape index (κ2) is 8.15.